The molecule has 0 aliphatic heterocycles. The predicted octanol–water partition coefficient (Wildman–Crippen LogP) is 7.32. The lowest BCUT2D eigenvalue weighted by molar-refractivity contribution is 0.246. The van der Waals surface area contributed by atoms with E-state index in [0.717, 1.165) is 11.8 Å². The Hall–Kier alpha value is -1.88. The van der Waals surface area contributed by atoms with Crippen LogP contribution in [-0.4, -0.2) is 0 Å². The van der Waals surface area contributed by atoms with Gasteiger partial charge < -0.3 is 0 Å². The molecular formula is C25H32FN. The molecule has 27 heavy (non-hydrogen) atoms. The summed E-state index contributed by atoms with van der Waals surface area (Å²) in [5.74, 6) is 3.03. The molecule has 0 N–H and O–H groups in total. The van der Waals surface area contributed by atoms with Crippen molar-refractivity contribution >= 4 is 0 Å². The molecule has 0 spiro atoms. The van der Waals surface area contributed by atoms with Gasteiger partial charge in [0.15, 0.2) is 0 Å². The van der Waals surface area contributed by atoms with Crippen LogP contribution in [0.2, 0.25) is 0 Å². The van der Waals surface area contributed by atoms with Crippen molar-refractivity contribution in [3.8, 4) is 6.07 Å². The van der Waals surface area contributed by atoms with E-state index in [1.54, 1.807) is 12.1 Å². The van der Waals surface area contributed by atoms with Gasteiger partial charge in [0.2, 0.25) is 0 Å². The van der Waals surface area contributed by atoms with E-state index in [1.807, 2.05) is 30.4 Å². The first-order chi connectivity index (χ1) is 13.2. The van der Waals surface area contributed by atoms with Crippen molar-refractivity contribution < 1.29 is 4.39 Å². The minimum atomic E-state index is -0.128. The summed E-state index contributed by atoms with van der Waals surface area (Å²) in [6.45, 7) is 0. The molecule has 0 saturated heterocycles. The highest BCUT2D eigenvalue weighted by molar-refractivity contribution is 5.20. The van der Waals surface area contributed by atoms with Crippen LogP contribution in [0, 0.1) is 34.9 Å². The molecule has 0 radical (unpaired) electrons. The molecule has 2 saturated carbocycles. The lowest BCUT2D eigenvalue weighted by Crippen LogP contribution is -2.17. The van der Waals surface area contributed by atoms with Gasteiger partial charge in [0.05, 0.1) is 6.07 Å². The van der Waals surface area contributed by atoms with E-state index in [-0.39, 0.29) is 5.82 Å². The molecule has 1 nitrogen and oxygen atoms in total. The van der Waals surface area contributed by atoms with Crippen LogP contribution in [0.5, 0.6) is 0 Å². The quantitative estimate of drug-likeness (QED) is 0.382. The average Bonchev–Trinajstić information content (AvgIpc) is 2.72. The SMILES string of the molecule is N#CC=CC=CC1CCC(CCC2CCC(c3ccc(F)cc3)CC2)CC1. The minimum absolute atomic E-state index is 0.128. The van der Waals surface area contributed by atoms with Crippen LogP contribution in [0.4, 0.5) is 4.39 Å². The molecule has 1 aromatic carbocycles. The van der Waals surface area contributed by atoms with Crippen molar-refractivity contribution in [2.24, 2.45) is 17.8 Å². The number of allylic oxidation sites excluding steroid dienone is 4. The van der Waals surface area contributed by atoms with Gasteiger partial charge in [-0.2, -0.15) is 5.26 Å². The van der Waals surface area contributed by atoms with E-state index in [2.05, 4.69) is 6.08 Å². The fourth-order valence-corrected chi connectivity index (χ4v) is 4.98. The summed E-state index contributed by atoms with van der Waals surface area (Å²) in [6, 6.07) is 9.19. The van der Waals surface area contributed by atoms with Crippen molar-refractivity contribution in [1.29, 1.82) is 5.26 Å². The Morgan fingerprint density at radius 1 is 0.852 bits per heavy atom. The van der Waals surface area contributed by atoms with Gasteiger partial charge in [-0.1, -0.05) is 43.2 Å². The number of benzene rings is 1. The van der Waals surface area contributed by atoms with E-state index in [1.165, 1.54) is 75.8 Å². The van der Waals surface area contributed by atoms with Crippen LogP contribution < -0.4 is 0 Å². The molecular weight excluding hydrogens is 333 g/mol. The molecule has 2 fully saturated rings. The Kier molecular flexibility index (Phi) is 7.69. The standard InChI is InChI=1S/C25H32FN/c26-25-17-15-24(16-18-25)23-13-11-22(12-14-23)10-9-21-7-5-20(6-8-21)4-2-1-3-19-27/h1-4,15-18,20-23H,5-14H2. The van der Waals surface area contributed by atoms with Gasteiger partial charge in [0, 0.05) is 6.08 Å². The van der Waals surface area contributed by atoms with Crippen LogP contribution in [0.25, 0.3) is 0 Å². The van der Waals surface area contributed by atoms with Crippen molar-refractivity contribution in [2.75, 3.05) is 0 Å². The Morgan fingerprint density at radius 3 is 2.04 bits per heavy atom. The highest BCUT2D eigenvalue weighted by atomic mass is 19.1. The van der Waals surface area contributed by atoms with Crippen LogP contribution >= 0.6 is 0 Å². The first-order valence-corrected chi connectivity index (χ1v) is 10.7. The van der Waals surface area contributed by atoms with Gasteiger partial charge in [0.25, 0.3) is 0 Å². The van der Waals surface area contributed by atoms with Crippen molar-refractivity contribution in [3.05, 3.63) is 60.0 Å². The second kappa shape index (κ2) is 10.5. The van der Waals surface area contributed by atoms with E-state index in [4.69, 9.17) is 5.26 Å². The molecule has 0 aromatic heterocycles. The molecule has 144 valence electrons. The van der Waals surface area contributed by atoms with Gasteiger partial charge >= 0.3 is 0 Å². The van der Waals surface area contributed by atoms with E-state index < -0.39 is 0 Å². The molecule has 0 amide bonds. The van der Waals surface area contributed by atoms with Gasteiger partial charge in [-0.15, -0.1) is 0 Å². The third kappa shape index (κ3) is 6.35. The van der Waals surface area contributed by atoms with Crippen LogP contribution in [0.15, 0.2) is 48.6 Å². The second-order valence-corrected chi connectivity index (χ2v) is 8.50. The monoisotopic (exact) mass is 365 g/mol. The zero-order chi connectivity index (χ0) is 18.9. The highest BCUT2D eigenvalue weighted by Crippen LogP contribution is 2.39. The van der Waals surface area contributed by atoms with Gasteiger partial charge in [-0.05, 0) is 92.7 Å². The van der Waals surface area contributed by atoms with Crippen molar-refractivity contribution in [2.45, 2.75) is 70.1 Å². The first kappa shape index (κ1) is 19.9. The Morgan fingerprint density at radius 2 is 1.44 bits per heavy atom. The van der Waals surface area contributed by atoms with E-state index in [0.29, 0.717) is 11.8 Å². The van der Waals surface area contributed by atoms with E-state index >= 15 is 0 Å². The number of nitrogens with zero attached hydrogens (tertiary/aromatic N) is 1. The van der Waals surface area contributed by atoms with Gasteiger partial charge in [-0.25, -0.2) is 4.39 Å². The fourth-order valence-electron chi connectivity index (χ4n) is 4.98. The number of hydrogen-bond acceptors (Lipinski definition) is 1. The predicted molar refractivity (Wildman–Crippen MR) is 110 cm³/mol. The summed E-state index contributed by atoms with van der Waals surface area (Å²) < 4.78 is 13.1. The minimum Gasteiger partial charge on any atom is -0.207 e. The molecule has 1 aromatic rings. The summed E-state index contributed by atoms with van der Waals surface area (Å²) in [4.78, 5) is 0. The molecule has 0 unspecified atom stereocenters. The third-order valence-electron chi connectivity index (χ3n) is 6.73. The maximum atomic E-state index is 13.1. The molecule has 0 bridgehead atoms. The maximum absolute atomic E-state index is 13.1. The van der Waals surface area contributed by atoms with E-state index in [9.17, 15) is 4.39 Å². The Labute approximate surface area is 164 Å². The number of halogens is 1. The molecule has 2 aliphatic carbocycles. The smallest absolute Gasteiger partial charge is 0.123 e. The Balaban J connectivity index is 1.33. The summed E-state index contributed by atoms with van der Waals surface area (Å²) in [5, 5.41) is 8.50. The zero-order valence-electron chi connectivity index (χ0n) is 16.3. The summed E-state index contributed by atoms with van der Waals surface area (Å²) in [7, 11) is 0. The summed E-state index contributed by atoms with van der Waals surface area (Å²) in [5.41, 5.74) is 1.32. The maximum Gasteiger partial charge on any atom is 0.123 e. The highest BCUT2D eigenvalue weighted by Gasteiger charge is 2.24. The van der Waals surface area contributed by atoms with Gasteiger partial charge in [0.1, 0.15) is 5.82 Å². The fraction of sp³-hybridized carbons (Fsp3) is 0.560. The van der Waals surface area contributed by atoms with Crippen LogP contribution in [-0.2, 0) is 0 Å². The van der Waals surface area contributed by atoms with Crippen LogP contribution in [0.1, 0.15) is 75.7 Å². The number of rotatable bonds is 6. The summed E-state index contributed by atoms with van der Waals surface area (Å²) >= 11 is 0. The second-order valence-electron chi connectivity index (χ2n) is 8.50. The third-order valence-corrected chi connectivity index (χ3v) is 6.73. The van der Waals surface area contributed by atoms with Gasteiger partial charge in [-0.3, -0.25) is 0 Å². The molecule has 3 rings (SSSR count). The van der Waals surface area contributed by atoms with Crippen molar-refractivity contribution in [3.63, 3.8) is 0 Å². The largest absolute Gasteiger partial charge is 0.207 e. The number of hydrogen-bond donors (Lipinski definition) is 0. The lowest BCUT2D eigenvalue weighted by atomic mass is 9.74. The normalized spacial score (nSPS) is 29.2. The molecule has 0 heterocycles. The Bertz CT molecular complexity index is 651. The van der Waals surface area contributed by atoms with Crippen LogP contribution in [0.3, 0.4) is 0 Å². The average molecular weight is 366 g/mol. The molecule has 2 aliphatic rings. The number of nitriles is 1. The summed E-state index contributed by atoms with van der Waals surface area (Å²) in [6.07, 6.45) is 21.0. The van der Waals surface area contributed by atoms with Crippen molar-refractivity contribution in [1.82, 2.24) is 0 Å². The zero-order valence-corrected chi connectivity index (χ0v) is 16.3. The first-order valence-electron chi connectivity index (χ1n) is 10.7. The molecule has 0 atom stereocenters. The molecule has 2 heteroatoms. The lowest BCUT2D eigenvalue weighted by Gasteiger charge is -2.31. The topological polar surface area (TPSA) is 23.8 Å².